The number of carbonyl (C=O) groups is 2. The molecule has 4 nitrogen and oxygen atoms in total. The van der Waals surface area contributed by atoms with Crippen LogP contribution in [0.1, 0.15) is 24.0 Å². The van der Waals surface area contributed by atoms with Gasteiger partial charge in [0.25, 0.3) is 0 Å². The molecule has 108 valence electrons. The Morgan fingerprint density at radius 1 is 1.35 bits per heavy atom. The van der Waals surface area contributed by atoms with E-state index in [9.17, 15) is 9.59 Å². The summed E-state index contributed by atoms with van der Waals surface area (Å²) in [4.78, 5) is 25.3. The first-order chi connectivity index (χ1) is 9.56. The summed E-state index contributed by atoms with van der Waals surface area (Å²) in [6.45, 7) is 3.36. The zero-order valence-electron chi connectivity index (χ0n) is 12.2. The maximum atomic E-state index is 12.0. The fraction of sp³-hybridized carbons (Fsp3) is 0.500. The summed E-state index contributed by atoms with van der Waals surface area (Å²) >= 11 is 0. The van der Waals surface area contributed by atoms with Gasteiger partial charge in [-0.2, -0.15) is 0 Å². The maximum absolute atomic E-state index is 12.0. The number of rotatable bonds is 4. The number of carbonyl (C=O) groups excluding carboxylic acids is 2. The van der Waals surface area contributed by atoms with Crippen LogP contribution >= 0.6 is 0 Å². The fourth-order valence-electron chi connectivity index (χ4n) is 2.40. The minimum absolute atomic E-state index is 0.0126. The van der Waals surface area contributed by atoms with E-state index in [1.54, 1.807) is 11.9 Å². The van der Waals surface area contributed by atoms with E-state index >= 15 is 0 Å². The first-order valence-electron chi connectivity index (χ1n) is 7.13. The van der Waals surface area contributed by atoms with Crippen molar-refractivity contribution in [2.75, 3.05) is 20.1 Å². The predicted octanol–water partition coefficient (Wildman–Crippen LogP) is 1.52. The first kappa shape index (κ1) is 14.6. The van der Waals surface area contributed by atoms with Crippen LogP contribution in [0.25, 0.3) is 0 Å². The lowest BCUT2D eigenvalue weighted by molar-refractivity contribution is -0.139. The molecule has 2 rings (SSSR count). The maximum Gasteiger partial charge on any atom is 0.223 e. The van der Waals surface area contributed by atoms with Gasteiger partial charge in [0.1, 0.15) is 0 Å². The van der Waals surface area contributed by atoms with E-state index in [0.717, 1.165) is 12.8 Å². The molecule has 1 N–H and O–H groups in total. The van der Waals surface area contributed by atoms with Crippen molar-refractivity contribution in [3.63, 3.8) is 0 Å². The van der Waals surface area contributed by atoms with E-state index < -0.39 is 0 Å². The average molecular weight is 274 g/mol. The largest absolute Gasteiger partial charge is 0.356 e. The number of hydrogen-bond donors (Lipinski definition) is 1. The Bertz CT molecular complexity index is 482. The smallest absolute Gasteiger partial charge is 0.223 e. The summed E-state index contributed by atoms with van der Waals surface area (Å²) in [5.41, 5.74) is 2.46. The summed E-state index contributed by atoms with van der Waals surface area (Å²) in [5, 5.41) is 2.94. The first-order valence-corrected chi connectivity index (χ1v) is 7.13. The molecular weight excluding hydrogens is 252 g/mol. The zero-order chi connectivity index (χ0) is 14.5. The Morgan fingerprint density at radius 2 is 2.05 bits per heavy atom. The second-order valence-electron chi connectivity index (χ2n) is 5.53. The van der Waals surface area contributed by atoms with Gasteiger partial charge in [-0.05, 0) is 25.3 Å². The lowest BCUT2D eigenvalue weighted by Gasteiger charge is -2.27. The van der Waals surface area contributed by atoms with Gasteiger partial charge in [0.2, 0.25) is 11.8 Å². The van der Waals surface area contributed by atoms with Gasteiger partial charge >= 0.3 is 0 Å². The van der Waals surface area contributed by atoms with Gasteiger partial charge in [-0.1, -0.05) is 29.8 Å². The molecule has 1 aliphatic rings. The SMILES string of the molecule is Cc1ccc(CCNC(=O)C2CCN(C)C(=O)C2)cc1. The van der Waals surface area contributed by atoms with Crippen molar-refractivity contribution >= 4 is 11.8 Å². The summed E-state index contributed by atoms with van der Waals surface area (Å²) in [6.07, 6.45) is 1.93. The van der Waals surface area contributed by atoms with Crippen LogP contribution in [0.5, 0.6) is 0 Å². The molecule has 1 aromatic carbocycles. The van der Waals surface area contributed by atoms with Crippen molar-refractivity contribution < 1.29 is 9.59 Å². The average Bonchev–Trinajstić information content (AvgIpc) is 2.44. The molecule has 1 heterocycles. The Hall–Kier alpha value is -1.84. The van der Waals surface area contributed by atoms with Crippen LogP contribution in [0.3, 0.4) is 0 Å². The van der Waals surface area contributed by atoms with Crippen molar-refractivity contribution in [2.24, 2.45) is 5.92 Å². The third-order valence-corrected chi connectivity index (χ3v) is 3.86. The highest BCUT2D eigenvalue weighted by Gasteiger charge is 2.28. The summed E-state index contributed by atoms with van der Waals surface area (Å²) in [7, 11) is 1.79. The van der Waals surface area contributed by atoms with Crippen molar-refractivity contribution in [1.82, 2.24) is 10.2 Å². The van der Waals surface area contributed by atoms with Gasteiger partial charge in [-0.15, -0.1) is 0 Å². The number of likely N-dealkylation sites (tertiary alicyclic amines) is 1. The molecule has 0 aromatic heterocycles. The van der Waals surface area contributed by atoms with Crippen LogP contribution < -0.4 is 5.32 Å². The van der Waals surface area contributed by atoms with Gasteiger partial charge in [-0.3, -0.25) is 9.59 Å². The standard InChI is InChI=1S/C16H22N2O2/c1-12-3-5-13(6-4-12)7-9-17-16(20)14-8-10-18(2)15(19)11-14/h3-6,14H,7-11H2,1-2H3,(H,17,20). The minimum Gasteiger partial charge on any atom is -0.356 e. The summed E-state index contributed by atoms with van der Waals surface area (Å²) in [5.74, 6) is -0.0785. The molecule has 0 bridgehead atoms. The number of hydrogen-bond acceptors (Lipinski definition) is 2. The molecule has 1 unspecified atom stereocenters. The summed E-state index contributed by atoms with van der Waals surface area (Å²) in [6, 6.07) is 8.32. The molecule has 2 amide bonds. The van der Waals surface area contributed by atoms with Crippen molar-refractivity contribution in [1.29, 1.82) is 0 Å². The highest BCUT2D eigenvalue weighted by Crippen LogP contribution is 2.17. The minimum atomic E-state index is -0.156. The van der Waals surface area contributed by atoms with E-state index in [-0.39, 0.29) is 17.7 Å². The Morgan fingerprint density at radius 3 is 2.70 bits per heavy atom. The van der Waals surface area contributed by atoms with Crippen LogP contribution in [0.4, 0.5) is 0 Å². The lowest BCUT2D eigenvalue weighted by Crippen LogP contribution is -2.42. The normalized spacial score (nSPS) is 19.0. The Kier molecular flexibility index (Phi) is 4.77. The monoisotopic (exact) mass is 274 g/mol. The van der Waals surface area contributed by atoms with Crippen molar-refractivity contribution in [3.8, 4) is 0 Å². The number of benzene rings is 1. The lowest BCUT2D eigenvalue weighted by atomic mass is 9.95. The number of nitrogens with one attached hydrogen (secondary N) is 1. The topological polar surface area (TPSA) is 49.4 Å². The highest BCUT2D eigenvalue weighted by molar-refractivity contribution is 5.86. The molecule has 0 spiro atoms. The molecular formula is C16H22N2O2. The highest BCUT2D eigenvalue weighted by atomic mass is 16.2. The Labute approximate surface area is 120 Å². The third-order valence-electron chi connectivity index (χ3n) is 3.86. The van der Waals surface area contributed by atoms with Gasteiger partial charge in [0.15, 0.2) is 0 Å². The molecule has 1 aliphatic heterocycles. The van der Waals surface area contributed by atoms with Gasteiger partial charge in [0.05, 0.1) is 0 Å². The van der Waals surface area contributed by atoms with Gasteiger partial charge in [-0.25, -0.2) is 0 Å². The van der Waals surface area contributed by atoms with Gasteiger partial charge in [0, 0.05) is 32.5 Å². The molecule has 1 atom stereocenters. The number of nitrogens with zero attached hydrogens (tertiary/aromatic N) is 1. The van der Waals surface area contributed by atoms with E-state index in [4.69, 9.17) is 0 Å². The van der Waals surface area contributed by atoms with Crippen LogP contribution in [0, 0.1) is 12.8 Å². The molecule has 0 saturated carbocycles. The quantitative estimate of drug-likeness (QED) is 0.905. The fourth-order valence-corrected chi connectivity index (χ4v) is 2.40. The third kappa shape index (κ3) is 3.83. The number of aryl methyl sites for hydroxylation is 1. The van der Waals surface area contributed by atoms with E-state index in [2.05, 4.69) is 36.5 Å². The van der Waals surface area contributed by atoms with Crippen LogP contribution in [0.15, 0.2) is 24.3 Å². The second-order valence-corrected chi connectivity index (χ2v) is 5.53. The molecule has 0 aliphatic carbocycles. The number of piperidine rings is 1. The van der Waals surface area contributed by atoms with Crippen LogP contribution in [-0.4, -0.2) is 36.9 Å². The Balaban J connectivity index is 1.75. The molecule has 4 heteroatoms. The van der Waals surface area contributed by atoms with E-state index in [1.807, 2.05) is 0 Å². The molecule has 1 fully saturated rings. The molecule has 20 heavy (non-hydrogen) atoms. The second kappa shape index (κ2) is 6.55. The van der Waals surface area contributed by atoms with Crippen LogP contribution in [0.2, 0.25) is 0 Å². The van der Waals surface area contributed by atoms with Crippen molar-refractivity contribution in [3.05, 3.63) is 35.4 Å². The van der Waals surface area contributed by atoms with Gasteiger partial charge < -0.3 is 10.2 Å². The zero-order valence-corrected chi connectivity index (χ0v) is 12.2. The molecule has 1 aromatic rings. The summed E-state index contributed by atoms with van der Waals surface area (Å²) < 4.78 is 0. The van der Waals surface area contributed by atoms with E-state index in [0.29, 0.717) is 19.5 Å². The molecule has 0 radical (unpaired) electrons. The molecule has 1 saturated heterocycles. The van der Waals surface area contributed by atoms with Crippen molar-refractivity contribution in [2.45, 2.75) is 26.2 Å². The van der Waals surface area contributed by atoms with Crippen LogP contribution in [-0.2, 0) is 16.0 Å². The number of amides is 2. The van der Waals surface area contributed by atoms with E-state index in [1.165, 1.54) is 11.1 Å². The predicted molar refractivity (Wildman–Crippen MR) is 78.3 cm³/mol.